The Morgan fingerprint density at radius 2 is 1.18 bits per heavy atom. The normalized spacial score (nSPS) is 10.9. The van der Waals surface area contributed by atoms with Gasteiger partial charge in [0.15, 0.2) is 0 Å². The first-order valence-corrected chi connectivity index (χ1v) is 9.26. The Balaban J connectivity index is -0.00000180. The maximum atomic E-state index is 10.1. The Morgan fingerprint density at radius 3 is 1.64 bits per heavy atom. The van der Waals surface area contributed by atoms with Crippen LogP contribution < -0.4 is 113 Å². The zero-order valence-electron chi connectivity index (χ0n) is 14.7. The van der Waals surface area contributed by atoms with E-state index < -0.39 is 7.82 Å². The van der Waals surface area contributed by atoms with E-state index in [1.807, 2.05) is 0 Å². The SMILES string of the molecule is CCCCCCCCCCCCOCCOP(=O)([O-])[O-].[K+].[K+]. The Hall–Kier alpha value is 3.34. The molecular weight excluding hydrogens is 357 g/mol. The quantitative estimate of drug-likeness (QED) is 0.168. The van der Waals surface area contributed by atoms with Crippen LogP contribution in [0.25, 0.3) is 0 Å². The minimum atomic E-state index is -4.83. The maximum Gasteiger partial charge on any atom is 1.00 e. The van der Waals surface area contributed by atoms with Crippen molar-refractivity contribution in [2.24, 2.45) is 0 Å². The summed E-state index contributed by atoms with van der Waals surface area (Å²) in [4.78, 5) is 20.3. The molecule has 0 aromatic rings. The summed E-state index contributed by atoms with van der Waals surface area (Å²) in [5.41, 5.74) is 0. The molecule has 0 radical (unpaired) electrons. The predicted molar refractivity (Wildman–Crippen MR) is 76.2 cm³/mol. The predicted octanol–water partition coefficient (Wildman–Crippen LogP) is -3.22. The molecule has 0 atom stereocenters. The minimum Gasteiger partial charge on any atom is -0.790 e. The fourth-order valence-electron chi connectivity index (χ4n) is 2.00. The summed E-state index contributed by atoms with van der Waals surface area (Å²) in [6, 6.07) is 0. The first kappa shape index (κ1) is 30.1. The van der Waals surface area contributed by atoms with E-state index in [2.05, 4.69) is 11.4 Å². The van der Waals surface area contributed by atoms with E-state index in [0.29, 0.717) is 6.61 Å². The summed E-state index contributed by atoms with van der Waals surface area (Å²) < 4.78 is 19.4. The zero-order chi connectivity index (χ0) is 15.1. The van der Waals surface area contributed by atoms with Gasteiger partial charge in [0.05, 0.1) is 21.0 Å². The molecule has 0 bridgehead atoms. The van der Waals surface area contributed by atoms with Crippen LogP contribution >= 0.6 is 7.82 Å². The number of phosphoric ester groups is 1. The third-order valence-corrected chi connectivity index (χ3v) is 3.62. The molecule has 0 fully saturated rings. The minimum absolute atomic E-state index is 0. The Kier molecular flexibility index (Phi) is 30.6. The zero-order valence-corrected chi connectivity index (χ0v) is 21.8. The van der Waals surface area contributed by atoms with Gasteiger partial charge < -0.3 is 23.6 Å². The first-order chi connectivity index (χ1) is 9.56. The summed E-state index contributed by atoms with van der Waals surface area (Å²) in [5.74, 6) is 0. The smallest absolute Gasteiger partial charge is 0.790 e. The molecule has 0 rings (SSSR count). The standard InChI is InChI=1S/C14H31O5P.2K/c1-2-3-4-5-6-7-8-9-10-11-12-18-13-14-19-20(15,16)17;;/h2-14H2,1H3,(H2,15,16,17);;/q;2*+1/p-2. The first-order valence-electron chi connectivity index (χ1n) is 7.80. The van der Waals surface area contributed by atoms with Crippen LogP contribution in [0.4, 0.5) is 0 Å². The van der Waals surface area contributed by atoms with Crippen LogP contribution in [0.2, 0.25) is 0 Å². The topological polar surface area (TPSA) is 81.7 Å². The third kappa shape index (κ3) is 28.2. The van der Waals surface area contributed by atoms with Crippen LogP contribution in [0.1, 0.15) is 71.1 Å². The van der Waals surface area contributed by atoms with Crippen LogP contribution in [0.3, 0.4) is 0 Å². The molecule has 0 aromatic heterocycles. The summed E-state index contributed by atoms with van der Waals surface area (Å²) in [5, 5.41) is 0. The van der Waals surface area contributed by atoms with Crippen molar-refractivity contribution >= 4 is 7.82 Å². The molecule has 0 saturated carbocycles. The fraction of sp³-hybridized carbons (Fsp3) is 1.00. The van der Waals surface area contributed by atoms with Crippen LogP contribution in [-0.4, -0.2) is 19.8 Å². The molecule has 0 spiro atoms. The molecule has 8 heteroatoms. The van der Waals surface area contributed by atoms with Gasteiger partial charge in [-0.2, -0.15) is 0 Å². The van der Waals surface area contributed by atoms with E-state index in [-0.39, 0.29) is 116 Å². The number of hydrogen-bond acceptors (Lipinski definition) is 5. The van der Waals surface area contributed by atoms with Gasteiger partial charge in [0.25, 0.3) is 0 Å². The maximum absolute atomic E-state index is 10.1. The third-order valence-electron chi connectivity index (χ3n) is 3.12. The Morgan fingerprint density at radius 1 is 0.727 bits per heavy atom. The monoisotopic (exact) mass is 386 g/mol. The van der Waals surface area contributed by atoms with E-state index in [9.17, 15) is 14.4 Å². The molecule has 0 saturated heterocycles. The number of unbranched alkanes of at least 4 members (excludes halogenated alkanes) is 9. The number of phosphoric acid groups is 1. The van der Waals surface area contributed by atoms with Gasteiger partial charge in [-0.1, -0.05) is 64.7 Å². The van der Waals surface area contributed by atoms with E-state index in [0.717, 1.165) is 12.8 Å². The van der Waals surface area contributed by atoms with E-state index >= 15 is 0 Å². The summed E-state index contributed by atoms with van der Waals surface area (Å²) >= 11 is 0. The van der Waals surface area contributed by atoms with Crippen molar-refractivity contribution in [1.29, 1.82) is 0 Å². The summed E-state index contributed by atoms with van der Waals surface area (Å²) in [7, 11) is -4.83. The summed E-state index contributed by atoms with van der Waals surface area (Å²) in [6.45, 7) is 2.81. The second-order valence-corrected chi connectivity index (χ2v) is 6.23. The molecule has 22 heavy (non-hydrogen) atoms. The van der Waals surface area contributed by atoms with Crippen LogP contribution in [-0.2, 0) is 13.8 Å². The van der Waals surface area contributed by atoms with Crippen molar-refractivity contribution in [1.82, 2.24) is 0 Å². The second kappa shape index (κ2) is 22.4. The van der Waals surface area contributed by atoms with Crippen LogP contribution in [0.5, 0.6) is 0 Å². The van der Waals surface area contributed by atoms with Gasteiger partial charge >= 0.3 is 103 Å². The van der Waals surface area contributed by atoms with Gasteiger partial charge in [-0.05, 0) is 6.42 Å². The van der Waals surface area contributed by atoms with E-state index in [4.69, 9.17) is 4.74 Å². The Bertz CT molecular complexity index is 251. The van der Waals surface area contributed by atoms with Crippen LogP contribution in [0.15, 0.2) is 0 Å². The van der Waals surface area contributed by atoms with Gasteiger partial charge in [-0.15, -0.1) is 0 Å². The molecule has 0 aliphatic heterocycles. The second-order valence-electron chi connectivity index (χ2n) is 5.07. The number of rotatable bonds is 15. The van der Waals surface area contributed by atoms with E-state index in [1.54, 1.807) is 0 Å². The molecule has 0 aliphatic rings. The molecule has 0 unspecified atom stereocenters. The van der Waals surface area contributed by atoms with Crippen molar-refractivity contribution in [2.75, 3.05) is 19.8 Å². The molecule has 0 amide bonds. The van der Waals surface area contributed by atoms with Gasteiger partial charge in [0.1, 0.15) is 0 Å². The van der Waals surface area contributed by atoms with Crippen molar-refractivity contribution in [3.8, 4) is 0 Å². The molecule has 0 heterocycles. The van der Waals surface area contributed by atoms with Crippen molar-refractivity contribution < 1.29 is 126 Å². The summed E-state index contributed by atoms with van der Waals surface area (Å²) in [6.07, 6.45) is 12.7. The van der Waals surface area contributed by atoms with Gasteiger partial charge in [0.2, 0.25) is 0 Å². The number of ether oxygens (including phenoxy) is 1. The van der Waals surface area contributed by atoms with Gasteiger partial charge in [-0.25, -0.2) is 0 Å². The average Bonchev–Trinajstić information content (AvgIpc) is 2.38. The largest absolute Gasteiger partial charge is 1.00 e. The van der Waals surface area contributed by atoms with Crippen molar-refractivity contribution in [3.63, 3.8) is 0 Å². The molecule has 5 nitrogen and oxygen atoms in total. The molecular formula is C14H29K2O5P. The van der Waals surface area contributed by atoms with Crippen molar-refractivity contribution in [3.05, 3.63) is 0 Å². The van der Waals surface area contributed by atoms with Gasteiger partial charge in [-0.3, -0.25) is 0 Å². The number of hydrogen-bond donors (Lipinski definition) is 0. The average molecular weight is 387 g/mol. The van der Waals surface area contributed by atoms with E-state index in [1.165, 1.54) is 51.4 Å². The Labute approximate surface area is 221 Å². The van der Waals surface area contributed by atoms with Crippen molar-refractivity contribution in [2.45, 2.75) is 71.1 Å². The molecule has 122 valence electrons. The van der Waals surface area contributed by atoms with Gasteiger partial charge in [0, 0.05) is 6.61 Å². The molecule has 0 aromatic carbocycles. The molecule has 0 N–H and O–H groups in total. The fourth-order valence-corrected chi connectivity index (χ4v) is 2.30. The molecule has 0 aliphatic carbocycles. The van der Waals surface area contributed by atoms with Crippen LogP contribution in [0, 0.1) is 0 Å².